The maximum absolute atomic E-state index is 13.1. The van der Waals surface area contributed by atoms with E-state index in [1.54, 1.807) is 7.11 Å². The Morgan fingerprint density at radius 2 is 1.96 bits per heavy atom. The molecule has 0 aromatic heterocycles. The smallest absolute Gasteiger partial charge is 0.161 e. The summed E-state index contributed by atoms with van der Waals surface area (Å²) in [6, 6.07) is 4.24. The standard InChI is InChI=1S/C22H32FNO4/c1-22(2,3)28-21-11-24-6-5-13-8-20(27-12-14-7-16(14)23)19(26-4)9-15(13)17(24)10-18(21)25/h8-9,14,16-18,21,25H,5-7,10-12H2,1-4H3/t14-,16-,17?,18?,21?/m0/s1. The van der Waals surface area contributed by atoms with E-state index in [0.717, 1.165) is 19.5 Å². The van der Waals surface area contributed by atoms with E-state index in [2.05, 4.69) is 4.90 Å². The van der Waals surface area contributed by atoms with Crippen LogP contribution in [0.2, 0.25) is 0 Å². The monoisotopic (exact) mass is 393 g/mol. The highest BCUT2D eigenvalue weighted by molar-refractivity contribution is 5.49. The first-order valence-electron chi connectivity index (χ1n) is 10.3. The Morgan fingerprint density at radius 1 is 1.21 bits per heavy atom. The first kappa shape index (κ1) is 19.9. The number of alkyl halides is 1. The van der Waals surface area contributed by atoms with Gasteiger partial charge >= 0.3 is 0 Å². The van der Waals surface area contributed by atoms with Gasteiger partial charge in [-0.05, 0) is 63.3 Å². The average Bonchev–Trinajstić information content (AvgIpc) is 3.34. The van der Waals surface area contributed by atoms with Gasteiger partial charge in [0.2, 0.25) is 0 Å². The summed E-state index contributed by atoms with van der Waals surface area (Å²) in [5.41, 5.74) is 2.15. The van der Waals surface area contributed by atoms with Crippen molar-refractivity contribution in [2.45, 2.75) is 70.1 Å². The second kappa shape index (κ2) is 7.47. The topological polar surface area (TPSA) is 51.2 Å². The van der Waals surface area contributed by atoms with Gasteiger partial charge in [0, 0.05) is 25.0 Å². The van der Waals surface area contributed by atoms with Gasteiger partial charge in [0.05, 0.1) is 31.5 Å². The van der Waals surface area contributed by atoms with Crippen LogP contribution in [0.5, 0.6) is 11.5 Å². The van der Waals surface area contributed by atoms with Crippen LogP contribution in [0.15, 0.2) is 12.1 Å². The van der Waals surface area contributed by atoms with Crippen LogP contribution in [0.4, 0.5) is 4.39 Å². The predicted octanol–water partition coefficient (Wildman–Crippen LogP) is 3.28. The number of piperidine rings is 1. The average molecular weight is 393 g/mol. The molecule has 1 aliphatic carbocycles. The summed E-state index contributed by atoms with van der Waals surface area (Å²) >= 11 is 0. The molecule has 1 saturated heterocycles. The SMILES string of the molecule is COc1cc2c(cc1OC[C@@H]1C[C@@H]1F)CCN1CC(OC(C)(C)C)C(O)CC21. The quantitative estimate of drug-likeness (QED) is 0.832. The number of ether oxygens (including phenoxy) is 3. The summed E-state index contributed by atoms with van der Waals surface area (Å²) in [5, 5.41) is 10.7. The third-order valence-corrected chi connectivity index (χ3v) is 6.00. The molecule has 1 saturated carbocycles. The van der Waals surface area contributed by atoms with Crippen LogP contribution in [0.25, 0.3) is 0 Å². The molecule has 0 bridgehead atoms. The van der Waals surface area contributed by atoms with E-state index in [1.165, 1.54) is 11.1 Å². The second-order valence-electron chi connectivity index (χ2n) is 9.36. The Kier molecular flexibility index (Phi) is 5.31. The molecule has 2 heterocycles. The zero-order valence-corrected chi connectivity index (χ0v) is 17.3. The number of benzene rings is 1. The van der Waals surface area contributed by atoms with Crippen LogP contribution in [-0.2, 0) is 11.2 Å². The van der Waals surface area contributed by atoms with Crippen molar-refractivity contribution >= 4 is 0 Å². The van der Waals surface area contributed by atoms with Gasteiger partial charge in [-0.1, -0.05) is 0 Å². The summed E-state index contributed by atoms with van der Waals surface area (Å²) < 4.78 is 30.7. The van der Waals surface area contributed by atoms with E-state index < -0.39 is 12.3 Å². The maximum atomic E-state index is 13.1. The Labute approximate surface area is 166 Å². The molecule has 3 aliphatic rings. The van der Waals surface area contributed by atoms with Gasteiger partial charge in [0.1, 0.15) is 6.17 Å². The molecule has 5 atom stereocenters. The third kappa shape index (κ3) is 4.14. The van der Waals surface area contributed by atoms with Crippen LogP contribution in [0.1, 0.15) is 50.8 Å². The molecule has 6 heteroatoms. The lowest BCUT2D eigenvalue weighted by atomic mass is 9.84. The van der Waals surface area contributed by atoms with Crippen molar-refractivity contribution in [1.82, 2.24) is 4.90 Å². The highest BCUT2D eigenvalue weighted by atomic mass is 19.1. The second-order valence-corrected chi connectivity index (χ2v) is 9.36. The largest absolute Gasteiger partial charge is 0.493 e. The van der Waals surface area contributed by atoms with Crippen LogP contribution in [0, 0.1) is 5.92 Å². The number of hydrogen-bond acceptors (Lipinski definition) is 5. The van der Waals surface area contributed by atoms with Gasteiger partial charge in [0.25, 0.3) is 0 Å². The molecule has 1 N–H and O–H groups in total. The minimum Gasteiger partial charge on any atom is -0.493 e. The number of methoxy groups -OCH3 is 1. The molecular formula is C22H32FNO4. The fourth-order valence-corrected chi connectivity index (χ4v) is 4.41. The number of hydrogen-bond donors (Lipinski definition) is 1. The van der Waals surface area contributed by atoms with Gasteiger partial charge in [-0.15, -0.1) is 0 Å². The van der Waals surface area contributed by atoms with Gasteiger partial charge in [0.15, 0.2) is 11.5 Å². The minimum atomic E-state index is -0.718. The number of aliphatic hydroxyl groups is 1. The molecular weight excluding hydrogens is 361 g/mol. The van der Waals surface area contributed by atoms with Gasteiger partial charge in [-0.3, -0.25) is 4.90 Å². The molecule has 5 nitrogen and oxygen atoms in total. The molecule has 0 spiro atoms. The molecule has 1 aromatic rings. The lowest BCUT2D eigenvalue weighted by molar-refractivity contribution is -0.149. The minimum absolute atomic E-state index is 0.0180. The van der Waals surface area contributed by atoms with Crippen LogP contribution >= 0.6 is 0 Å². The Balaban J connectivity index is 1.52. The number of halogens is 1. The predicted molar refractivity (Wildman–Crippen MR) is 105 cm³/mol. The summed E-state index contributed by atoms with van der Waals surface area (Å²) in [6.07, 6.45) is 0.769. The highest BCUT2D eigenvalue weighted by Gasteiger charge is 2.41. The first-order valence-corrected chi connectivity index (χ1v) is 10.3. The van der Waals surface area contributed by atoms with Crippen molar-refractivity contribution in [3.05, 3.63) is 23.3 Å². The molecule has 0 amide bonds. The van der Waals surface area contributed by atoms with Crippen LogP contribution in [0.3, 0.4) is 0 Å². The summed E-state index contributed by atoms with van der Waals surface area (Å²) in [5.74, 6) is 1.39. The van der Waals surface area contributed by atoms with Crippen LogP contribution in [-0.4, -0.2) is 60.8 Å². The van der Waals surface area contributed by atoms with Crippen molar-refractivity contribution in [3.63, 3.8) is 0 Å². The number of nitrogens with zero attached hydrogens (tertiary/aromatic N) is 1. The fourth-order valence-electron chi connectivity index (χ4n) is 4.41. The molecule has 3 unspecified atom stereocenters. The summed E-state index contributed by atoms with van der Waals surface area (Å²) in [4.78, 5) is 2.41. The van der Waals surface area contributed by atoms with E-state index in [-0.39, 0.29) is 23.7 Å². The Bertz CT molecular complexity index is 719. The number of fused-ring (bicyclic) bond motifs is 3. The van der Waals surface area contributed by atoms with Crippen molar-refractivity contribution in [3.8, 4) is 11.5 Å². The van der Waals surface area contributed by atoms with Crippen molar-refractivity contribution in [1.29, 1.82) is 0 Å². The number of rotatable bonds is 5. The first-order chi connectivity index (χ1) is 13.2. The third-order valence-electron chi connectivity index (χ3n) is 6.00. The van der Waals surface area contributed by atoms with Gasteiger partial charge in [-0.25, -0.2) is 4.39 Å². The summed E-state index contributed by atoms with van der Waals surface area (Å²) in [7, 11) is 1.63. The highest BCUT2D eigenvalue weighted by Crippen LogP contribution is 2.43. The van der Waals surface area contributed by atoms with Crippen molar-refractivity contribution < 1.29 is 23.7 Å². The van der Waals surface area contributed by atoms with Crippen LogP contribution < -0.4 is 9.47 Å². The van der Waals surface area contributed by atoms with E-state index in [4.69, 9.17) is 14.2 Å². The molecule has 4 rings (SSSR count). The van der Waals surface area contributed by atoms with Crippen molar-refractivity contribution in [2.75, 3.05) is 26.8 Å². The van der Waals surface area contributed by atoms with E-state index in [1.807, 2.05) is 32.9 Å². The lowest BCUT2D eigenvalue weighted by Crippen LogP contribution is -2.53. The molecule has 2 aliphatic heterocycles. The Hall–Kier alpha value is -1.37. The Morgan fingerprint density at radius 3 is 2.61 bits per heavy atom. The van der Waals surface area contributed by atoms with Gasteiger partial charge in [-0.2, -0.15) is 0 Å². The lowest BCUT2D eigenvalue weighted by Gasteiger charge is -2.46. The fraction of sp³-hybridized carbons (Fsp3) is 0.727. The molecule has 1 aromatic carbocycles. The van der Waals surface area contributed by atoms with Crippen molar-refractivity contribution in [2.24, 2.45) is 5.92 Å². The van der Waals surface area contributed by atoms with E-state index in [9.17, 15) is 9.50 Å². The normalized spacial score (nSPS) is 32.4. The zero-order valence-electron chi connectivity index (χ0n) is 17.3. The summed E-state index contributed by atoms with van der Waals surface area (Å²) in [6.45, 7) is 8.12. The maximum Gasteiger partial charge on any atom is 0.161 e. The molecule has 0 radical (unpaired) electrons. The number of aliphatic hydroxyl groups excluding tert-OH is 1. The van der Waals surface area contributed by atoms with E-state index in [0.29, 0.717) is 30.9 Å². The molecule has 156 valence electrons. The molecule has 2 fully saturated rings. The zero-order chi connectivity index (χ0) is 20.1. The molecule has 28 heavy (non-hydrogen) atoms. The van der Waals surface area contributed by atoms with E-state index >= 15 is 0 Å². The van der Waals surface area contributed by atoms with Gasteiger partial charge < -0.3 is 19.3 Å².